The first-order valence-corrected chi connectivity index (χ1v) is 5.77. The maximum atomic E-state index is 13.0. The predicted molar refractivity (Wildman–Crippen MR) is 58.7 cm³/mol. The molecule has 0 spiro atoms. The molecule has 1 aromatic rings. The van der Waals surface area contributed by atoms with Gasteiger partial charge in [0.1, 0.15) is 5.82 Å². The maximum Gasteiger partial charge on any atom is 0.163 e. The van der Waals surface area contributed by atoms with Crippen LogP contribution in [-0.2, 0) is 5.88 Å². The Balaban J connectivity index is 2.96. The number of rotatable bonds is 4. The van der Waals surface area contributed by atoms with Gasteiger partial charge in [-0.25, -0.2) is 4.39 Å². The molecule has 0 radical (unpaired) electrons. The van der Waals surface area contributed by atoms with Crippen LogP contribution in [0.4, 0.5) is 4.39 Å². The lowest BCUT2D eigenvalue weighted by Crippen LogP contribution is -2.01. The molecule has 0 aliphatic heterocycles. The number of ketones is 1. The highest BCUT2D eigenvalue weighted by atomic mass is 79.9. The zero-order valence-corrected chi connectivity index (χ0v) is 9.74. The minimum absolute atomic E-state index is 0.0762. The van der Waals surface area contributed by atoms with Gasteiger partial charge in [0.05, 0.1) is 0 Å². The Kier molecular flexibility index (Phi) is 4.55. The molecule has 0 aliphatic rings. The van der Waals surface area contributed by atoms with Crippen molar-refractivity contribution < 1.29 is 9.18 Å². The first-order chi connectivity index (χ1) is 6.67. The summed E-state index contributed by atoms with van der Waals surface area (Å²) in [5, 5.41) is 0.582. The van der Waals surface area contributed by atoms with Gasteiger partial charge < -0.3 is 0 Å². The van der Waals surface area contributed by atoms with Crippen LogP contribution < -0.4 is 0 Å². The van der Waals surface area contributed by atoms with Crippen molar-refractivity contribution in [3.8, 4) is 0 Å². The van der Waals surface area contributed by atoms with Gasteiger partial charge in [0.2, 0.25) is 0 Å². The molecule has 1 nitrogen and oxygen atoms in total. The van der Waals surface area contributed by atoms with E-state index in [9.17, 15) is 9.18 Å². The summed E-state index contributed by atoms with van der Waals surface area (Å²) >= 11 is 8.73. The number of halogens is 3. The molecular weight excluding hydrogens is 270 g/mol. The van der Waals surface area contributed by atoms with Crippen molar-refractivity contribution in [2.45, 2.75) is 12.3 Å². The largest absolute Gasteiger partial charge is 0.294 e. The van der Waals surface area contributed by atoms with Crippen LogP contribution in [0.2, 0.25) is 0 Å². The third-order valence-electron chi connectivity index (χ3n) is 1.76. The fourth-order valence-corrected chi connectivity index (χ4v) is 1.63. The second kappa shape index (κ2) is 5.47. The molecule has 1 aromatic carbocycles. The van der Waals surface area contributed by atoms with Crippen LogP contribution in [0.15, 0.2) is 18.2 Å². The van der Waals surface area contributed by atoms with E-state index in [-0.39, 0.29) is 11.7 Å². The molecule has 76 valence electrons. The minimum Gasteiger partial charge on any atom is -0.294 e. The summed E-state index contributed by atoms with van der Waals surface area (Å²) in [6, 6.07) is 4.19. The topological polar surface area (TPSA) is 17.1 Å². The molecule has 0 saturated heterocycles. The normalized spacial score (nSPS) is 10.2. The fraction of sp³-hybridized carbons (Fsp3) is 0.300. The van der Waals surface area contributed by atoms with Crippen molar-refractivity contribution in [2.24, 2.45) is 0 Å². The Hall–Kier alpha value is -0.410. The number of hydrogen-bond donors (Lipinski definition) is 0. The van der Waals surface area contributed by atoms with E-state index in [0.29, 0.717) is 22.9 Å². The number of carbonyl (C=O) groups is 1. The molecular formula is C10H9BrClFO. The summed E-state index contributed by atoms with van der Waals surface area (Å²) < 4.78 is 13.0. The summed E-state index contributed by atoms with van der Waals surface area (Å²) in [6.07, 6.45) is 0.366. The highest BCUT2D eigenvalue weighted by molar-refractivity contribution is 9.09. The molecule has 0 atom stereocenters. The Bertz CT molecular complexity index is 341. The third-order valence-corrected chi connectivity index (χ3v) is 2.46. The van der Waals surface area contributed by atoms with Gasteiger partial charge in [-0.2, -0.15) is 0 Å². The zero-order chi connectivity index (χ0) is 10.6. The first-order valence-electron chi connectivity index (χ1n) is 4.12. The Morgan fingerprint density at radius 3 is 2.71 bits per heavy atom. The maximum absolute atomic E-state index is 13.0. The standard InChI is InChI=1S/C10H9BrClFO/c11-2-1-10(14)8-3-7(6-12)4-9(13)5-8/h3-5H,1-2,6H2. The van der Waals surface area contributed by atoms with Gasteiger partial charge in [-0.15, -0.1) is 11.6 Å². The molecule has 0 aliphatic carbocycles. The lowest BCUT2D eigenvalue weighted by atomic mass is 10.1. The number of alkyl halides is 2. The average Bonchev–Trinajstić information content (AvgIpc) is 2.17. The van der Waals surface area contributed by atoms with Gasteiger partial charge in [0.15, 0.2) is 5.78 Å². The van der Waals surface area contributed by atoms with Crippen molar-refractivity contribution in [3.63, 3.8) is 0 Å². The molecule has 1 rings (SSSR count). The van der Waals surface area contributed by atoms with Crippen LogP contribution in [0.5, 0.6) is 0 Å². The van der Waals surface area contributed by atoms with E-state index in [2.05, 4.69) is 15.9 Å². The van der Waals surface area contributed by atoms with E-state index < -0.39 is 5.82 Å². The Morgan fingerprint density at radius 2 is 2.14 bits per heavy atom. The highest BCUT2D eigenvalue weighted by Crippen LogP contribution is 2.13. The number of hydrogen-bond acceptors (Lipinski definition) is 1. The van der Waals surface area contributed by atoms with E-state index in [1.54, 1.807) is 6.07 Å². The van der Waals surface area contributed by atoms with E-state index >= 15 is 0 Å². The van der Waals surface area contributed by atoms with Crippen LogP contribution in [0, 0.1) is 5.82 Å². The second-order valence-corrected chi connectivity index (χ2v) is 3.90. The molecule has 4 heteroatoms. The Labute approximate surface area is 95.4 Å². The third kappa shape index (κ3) is 3.07. The quantitative estimate of drug-likeness (QED) is 0.609. The monoisotopic (exact) mass is 278 g/mol. The van der Waals surface area contributed by atoms with Gasteiger partial charge in [-0.1, -0.05) is 15.9 Å². The summed E-state index contributed by atoms with van der Waals surface area (Å²) in [5.74, 6) is -0.277. The molecule has 0 amide bonds. The molecule has 0 aromatic heterocycles. The van der Waals surface area contributed by atoms with Crippen LogP contribution in [0.1, 0.15) is 22.3 Å². The first kappa shape index (κ1) is 11.7. The van der Waals surface area contributed by atoms with Gasteiger partial charge in [-0.3, -0.25) is 4.79 Å². The summed E-state index contributed by atoms with van der Waals surface area (Å²) in [7, 11) is 0. The summed E-state index contributed by atoms with van der Waals surface area (Å²) in [5.41, 5.74) is 1.02. The minimum atomic E-state index is -0.416. The van der Waals surface area contributed by atoms with E-state index in [4.69, 9.17) is 11.6 Å². The van der Waals surface area contributed by atoms with Gasteiger partial charge in [0.25, 0.3) is 0 Å². The number of Topliss-reactive ketones (excluding diaryl/α,β-unsaturated/α-hetero) is 1. The van der Waals surface area contributed by atoms with E-state index in [1.807, 2.05) is 0 Å². The molecule has 0 saturated carbocycles. The number of carbonyl (C=O) groups excluding carboxylic acids is 1. The molecule has 0 unspecified atom stereocenters. The second-order valence-electron chi connectivity index (χ2n) is 2.84. The molecule has 0 bridgehead atoms. The SMILES string of the molecule is O=C(CCBr)c1cc(F)cc(CCl)c1. The van der Waals surface area contributed by atoms with Crippen molar-refractivity contribution >= 4 is 33.3 Å². The smallest absolute Gasteiger partial charge is 0.163 e. The van der Waals surface area contributed by atoms with Crippen molar-refractivity contribution in [3.05, 3.63) is 35.1 Å². The van der Waals surface area contributed by atoms with Crippen LogP contribution in [0.3, 0.4) is 0 Å². The van der Waals surface area contributed by atoms with Crippen molar-refractivity contribution in [1.29, 1.82) is 0 Å². The predicted octanol–water partition coefficient (Wildman–Crippen LogP) is 3.53. The number of benzene rings is 1. The molecule has 0 heterocycles. The molecule has 0 N–H and O–H groups in total. The molecule has 14 heavy (non-hydrogen) atoms. The van der Waals surface area contributed by atoms with Crippen molar-refractivity contribution in [2.75, 3.05) is 5.33 Å². The van der Waals surface area contributed by atoms with E-state index in [0.717, 1.165) is 0 Å². The molecule has 0 fully saturated rings. The summed E-state index contributed by atoms with van der Waals surface area (Å²) in [6.45, 7) is 0. The average molecular weight is 280 g/mol. The Morgan fingerprint density at radius 1 is 1.43 bits per heavy atom. The lowest BCUT2D eigenvalue weighted by Gasteiger charge is -2.02. The van der Waals surface area contributed by atoms with Gasteiger partial charge in [-0.05, 0) is 23.8 Å². The fourth-order valence-electron chi connectivity index (χ4n) is 1.12. The van der Waals surface area contributed by atoms with Crippen molar-refractivity contribution in [1.82, 2.24) is 0 Å². The van der Waals surface area contributed by atoms with E-state index in [1.165, 1.54) is 12.1 Å². The zero-order valence-electron chi connectivity index (χ0n) is 7.40. The van der Waals surface area contributed by atoms with Gasteiger partial charge >= 0.3 is 0 Å². The van der Waals surface area contributed by atoms with Crippen LogP contribution in [0.25, 0.3) is 0 Å². The highest BCUT2D eigenvalue weighted by Gasteiger charge is 2.07. The van der Waals surface area contributed by atoms with Crippen LogP contribution >= 0.6 is 27.5 Å². The van der Waals surface area contributed by atoms with Gasteiger partial charge in [0, 0.05) is 23.2 Å². The lowest BCUT2D eigenvalue weighted by molar-refractivity contribution is 0.0989. The summed E-state index contributed by atoms with van der Waals surface area (Å²) in [4.78, 5) is 11.4. The van der Waals surface area contributed by atoms with Crippen LogP contribution in [-0.4, -0.2) is 11.1 Å².